The van der Waals surface area contributed by atoms with Crippen LogP contribution in [-0.2, 0) is 4.79 Å². The van der Waals surface area contributed by atoms with Crippen LogP contribution in [0.5, 0.6) is 0 Å². The van der Waals surface area contributed by atoms with Gasteiger partial charge in [-0.15, -0.1) is 0 Å². The predicted molar refractivity (Wildman–Crippen MR) is 92.0 cm³/mol. The monoisotopic (exact) mass is 320 g/mol. The van der Waals surface area contributed by atoms with Crippen molar-refractivity contribution in [3.05, 3.63) is 83.6 Å². The first-order chi connectivity index (χ1) is 11.2. The summed E-state index contributed by atoms with van der Waals surface area (Å²) in [5, 5.41) is 0. The third kappa shape index (κ3) is 2.45. The number of carbonyl (C=O) groups excluding carboxylic acids is 1. The maximum absolute atomic E-state index is 11.6. The SMILES string of the molecule is NC(=O)C1=CC=CN(C2c3ccccc3Sc3ccccc32)C1. The van der Waals surface area contributed by atoms with Crippen LogP contribution in [0, 0.1) is 0 Å². The topological polar surface area (TPSA) is 46.3 Å². The maximum Gasteiger partial charge on any atom is 0.246 e. The molecule has 2 aliphatic heterocycles. The Morgan fingerprint density at radius 1 is 1.04 bits per heavy atom. The van der Waals surface area contributed by atoms with Gasteiger partial charge in [0.25, 0.3) is 0 Å². The standard InChI is InChI=1S/C19H16N2OS/c20-19(22)13-6-5-11-21(12-13)18-14-7-1-3-9-16(14)23-17-10-4-2-8-15(17)18/h1-11,18H,12H2,(H2,20,22). The van der Waals surface area contributed by atoms with Crippen molar-refractivity contribution in [2.45, 2.75) is 15.8 Å². The number of hydrogen-bond donors (Lipinski definition) is 1. The number of benzene rings is 2. The van der Waals surface area contributed by atoms with Crippen LogP contribution in [0.2, 0.25) is 0 Å². The first kappa shape index (κ1) is 14.2. The number of fused-ring (bicyclic) bond motifs is 2. The van der Waals surface area contributed by atoms with Gasteiger partial charge in [0.2, 0.25) is 5.91 Å². The van der Waals surface area contributed by atoms with Crippen molar-refractivity contribution in [1.29, 1.82) is 0 Å². The first-order valence-corrected chi connectivity index (χ1v) is 8.34. The third-order valence-corrected chi connectivity index (χ3v) is 5.41. The number of primary amides is 1. The molecule has 4 heteroatoms. The van der Waals surface area contributed by atoms with E-state index in [-0.39, 0.29) is 11.9 Å². The summed E-state index contributed by atoms with van der Waals surface area (Å²) in [5.41, 5.74) is 8.66. The van der Waals surface area contributed by atoms with E-state index in [1.54, 1.807) is 17.8 Å². The molecule has 0 unspecified atom stereocenters. The fourth-order valence-corrected chi connectivity index (χ4v) is 4.28. The third-order valence-electron chi connectivity index (χ3n) is 4.22. The molecule has 0 aliphatic carbocycles. The summed E-state index contributed by atoms with van der Waals surface area (Å²) >= 11 is 1.80. The maximum atomic E-state index is 11.6. The van der Waals surface area contributed by atoms with E-state index < -0.39 is 0 Å². The van der Waals surface area contributed by atoms with Crippen LogP contribution >= 0.6 is 11.8 Å². The molecule has 2 aromatic carbocycles. The molecule has 0 atom stereocenters. The summed E-state index contributed by atoms with van der Waals surface area (Å²) in [6.45, 7) is 0.532. The summed E-state index contributed by atoms with van der Waals surface area (Å²) in [6.07, 6.45) is 5.74. The van der Waals surface area contributed by atoms with Crippen LogP contribution in [0.4, 0.5) is 0 Å². The minimum absolute atomic E-state index is 0.1000. The Morgan fingerprint density at radius 2 is 1.65 bits per heavy atom. The summed E-state index contributed by atoms with van der Waals surface area (Å²) in [6, 6.07) is 17.0. The van der Waals surface area contributed by atoms with Crippen LogP contribution in [0.1, 0.15) is 17.2 Å². The Kier molecular flexibility index (Phi) is 3.46. The second-order valence-electron chi connectivity index (χ2n) is 5.65. The summed E-state index contributed by atoms with van der Waals surface area (Å²) in [4.78, 5) is 16.3. The zero-order chi connectivity index (χ0) is 15.8. The Hall–Kier alpha value is -2.46. The molecule has 0 bridgehead atoms. The zero-order valence-corrected chi connectivity index (χ0v) is 13.3. The molecule has 4 rings (SSSR count). The molecular formula is C19H16N2OS. The van der Waals surface area contributed by atoms with E-state index in [9.17, 15) is 4.79 Å². The molecule has 0 radical (unpaired) electrons. The van der Waals surface area contributed by atoms with Gasteiger partial charge in [0.1, 0.15) is 0 Å². The van der Waals surface area contributed by atoms with Crippen LogP contribution in [0.15, 0.2) is 82.2 Å². The largest absolute Gasteiger partial charge is 0.366 e. The highest BCUT2D eigenvalue weighted by atomic mass is 32.2. The van der Waals surface area contributed by atoms with Crippen LogP contribution in [-0.4, -0.2) is 17.4 Å². The molecule has 23 heavy (non-hydrogen) atoms. The summed E-state index contributed by atoms with van der Waals surface area (Å²) in [7, 11) is 0. The highest BCUT2D eigenvalue weighted by Crippen LogP contribution is 2.47. The molecule has 0 fully saturated rings. The highest BCUT2D eigenvalue weighted by Gasteiger charge is 2.30. The van der Waals surface area contributed by atoms with Crippen molar-refractivity contribution in [1.82, 2.24) is 4.90 Å². The van der Waals surface area contributed by atoms with Gasteiger partial charge in [-0.2, -0.15) is 0 Å². The zero-order valence-electron chi connectivity index (χ0n) is 12.5. The lowest BCUT2D eigenvalue weighted by atomic mass is 9.95. The van der Waals surface area contributed by atoms with Gasteiger partial charge in [-0.3, -0.25) is 4.79 Å². The Balaban J connectivity index is 1.81. The first-order valence-electron chi connectivity index (χ1n) is 7.52. The molecule has 2 heterocycles. The van der Waals surface area contributed by atoms with Gasteiger partial charge in [0, 0.05) is 28.1 Å². The van der Waals surface area contributed by atoms with Gasteiger partial charge in [0.05, 0.1) is 6.04 Å². The number of nitrogens with zero attached hydrogens (tertiary/aromatic N) is 1. The van der Waals surface area contributed by atoms with Gasteiger partial charge in [-0.1, -0.05) is 54.2 Å². The normalized spacial score (nSPS) is 16.5. The van der Waals surface area contributed by atoms with Crippen molar-refractivity contribution in [2.24, 2.45) is 5.73 Å². The predicted octanol–water partition coefficient (Wildman–Crippen LogP) is 3.48. The minimum Gasteiger partial charge on any atom is -0.366 e. The highest BCUT2D eigenvalue weighted by molar-refractivity contribution is 7.99. The van der Waals surface area contributed by atoms with E-state index in [0.29, 0.717) is 12.1 Å². The molecule has 3 nitrogen and oxygen atoms in total. The number of carbonyl (C=O) groups is 1. The average molecular weight is 320 g/mol. The molecule has 0 saturated carbocycles. The molecule has 0 spiro atoms. The molecule has 114 valence electrons. The van der Waals surface area contributed by atoms with Gasteiger partial charge in [-0.25, -0.2) is 0 Å². The molecule has 0 aromatic heterocycles. The fraction of sp³-hybridized carbons (Fsp3) is 0.105. The molecule has 2 aliphatic rings. The average Bonchev–Trinajstić information content (AvgIpc) is 2.59. The van der Waals surface area contributed by atoms with E-state index in [2.05, 4.69) is 53.4 Å². The Morgan fingerprint density at radius 3 is 2.26 bits per heavy atom. The van der Waals surface area contributed by atoms with E-state index >= 15 is 0 Å². The molecule has 2 N–H and O–H groups in total. The number of hydrogen-bond acceptors (Lipinski definition) is 3. The van der Waals surface area contributed by atoms with Crippen molar-refractivity contribution in [3.8, 4) is 0 Å². The lowest BCUT2D eigenvalue weighted by molar-refractivity contribution is -0.114. The summed E-state index contributed by atoms with van der Waals surface area (Å²) < 4.78 is 0. The Labute approximate surface area is 139 Å². The Bertz CT molecular complexity index is 795. The fourth-order valence-electron chi connectivity index (χ4n) is 3.15. The smallest absolute Gasteiger partial charge is 0.246 e. The number of allylic oxidation sites excluding steroid dienone is 2. The number of nitrogens with two attached hydrogens (primary N) is 1. The minimum atomic E-state index is -0.355. The van der Waals surface area contributed by atoms with Crippen molar-refractivity contribution in [2.75, 3.05) is 6.54 Å². The van der Waals surface area contributed by atoms with Crippen molar-refractivity contribution in [3.63, 3.8) is 0 Å². The van der Waals surface area contributed by atoms with Gasteiger partial charge >= 0.3 is 0 Å². The van der Waals surface area contributed by atoms with E-state index in [1.807, 2.05) is 12.3 Å². The molecule has 0 saturated heterocycles. The van der Waals surface area contributed by atoms with Crippen LogP contribution < -0.4 is 5.73 Å². The lowest BCUT2D eigenvalue weighted by Gasteiger charge is -2.37. The lowest BCUT2D eigenvalue weighted by Crippen LogP contribution is -2.33. The molecule has 2 aromatic rings. The molecule has 1 amide bonds. The van der Waals surface area contributed by atoms with Crippen LogP contribution in [0.3, 0.4) is 0 Å². The second-order valence-corrected chi connectivity index (χ2v) is 6.73. The van der Waals surface area contributed by atoms with Crippen molar-refractivity contribution >= 4 is 17.7 Å². The van der Waals surface area contributed by atoms with Crippen LogP contribution in [0.25, 0.3) is 0 Å². The molecular weight excluding hydrogens is 304 g/mol. The van der Waals surface area contributed by atoms with Gasteiger partial charge in [0.15, 0.2) is 0 Å². The second kappa shape index (κ2) is 5.63. The van der Waals surface area contributed by atoms with Gasteiger partial charge < -0.3 is 10.6 Å². The van der Waals surface area contributed by atoms with E-state index in [1.165, 1.54) is 20.9 Å². The van der Waals surface area contributed by atoms with Gasteiger partial charge in [-0.05, 0) is 29.3 Å². The van der Waals surface area contributed by atoms with E-state index in [4.69, 9.17) is 5.73 Å². The number of rotatable bonds is 2. The quantitative estimate of drug-likeness (QED) is 0.921. The summed E-state index contributed by atoms with van der Waals surface area (Å²) in [5.74, 6) is -0.355. The van der Waals surface area contributed by atoms with E-state index in [0.717, 1.165) is 0 Å². The van der Waals surface area contributed by atoms with Crippen molar-refractivity contribution < 1.29 is 4.79 Å². The number of amides is 1.